The van der Waals surface area contributed by atoms with Crippen LogP contribution in [0.25, 0.3) is 11.1 Å². The Kier molecular flexibility index (Phi) is 7.61. The maximum atomic E-state index is 13.9. The molecule has 3 aromatic rings. The Morgan fingerprint density at radius 2 is 2.08 bits per heavy atom. The van der Waals surface area contributed by atoms with Crippen molar-refractivity contribution in [2.45, 2.75) is 45.9 Å². The van der Waals surface area contributed by atoms with Crippen molar-refractivity contribution in [2.24, 2.45) is 0 Å². The van der Waals surface area contributed by atoms with Gasteiger partial charge in [-0.2, -0.15) is 5.10 Å². The van der Waals surface area contributed by atoms with Crippen molar-refractivity contribution in [1.82, 2.24) is 24.6 Å². The van der Waals surface area contributed by atoms with Crippen molar-refractivity contribution in [3.8, 4) is 16.9 Å². The number of hydrogen-bond donors (Lipinski definition) is 1. The quantitative estimate of drug-likeness (QED) is 0.471. The molecule has 0 saturated carbocycles. The number of pyridine rings is 1. The Bertz CT molecular complexity index is 1410. The minimum absolute atomic E-state index is 0.121. The average Bonchev–Trinajstić information content (AvgIpc) is 3.55. The van der Waals surface area contributed by atoms with Crippen molar-refractivity contribution in [2.75, 3.05) is 40.4 Å². The predicted molar refractivity (Wildman–Crippen MR) is 146 cm³/mol. The van der Waals surface area contributed by atoms with Crippen LogP contribution >= 0.6 is 11.6 Å². The van der Waals surface area contributed by atoms with E-state index in [0.29, 0.717) is 48.1 Å². The summed E-state index contributed by atoms with van der Waals surface area (Å²) in [4.78, 5) is 33.2. The number of ether oxygens (including phenoxy) is 2. The fraction of sp³-hybridized carbons (Fsp3) is 0.464. The van der Waals surface area contributed by atoms with E-state index >= 15 is 0 Å². The van der Waals surface area contributed by atoms with Crippen LogP contribution in [0.15, 0.2) is 29.3 Å². The normalized spacial score (nSPS) is 17.4. The van der Waals surface area contributed by atoms with Gasteiger partial charge >= 0.3 is 0 Å². The van der Waals surface area contributed by atoms with Gasteiger partial charge < -0.3 is 24.3 Å². The number of fused-ring (bicyclic) bond motifs is 1. The third-order valence-electron chi connectivity index (χ3n) is 7.22. The van der Waals surface area contributed by atoms with E-state index in [4.69, 9.17) is 21.1 Å². The molecule has 1 unspecified atom stereocenters. The first kappa shape index (κ1) is 26.5. The van der Waals surface area contributed by atoms with E-state index < -0.39 is 0 Å². The van der Waals surface area contributed by atoms with Gasteiger partial charge in [-0.1, -0.05) is 11.6 Å². The van der Waals surface area contributed by atoms with Gasteiger partial charge in [0.15, 0.2) is 0 Å². The van der Waals surface area contributed by atoms with E-state index in [1.165, 1.54) is 0 Å². The fourth-order valence-corrected chi connectivity index (χ4v) is 5.43. The van der Waals surface area contributed by atoms with Gasteiger partial charge in [0.2, 0.25) is 0 Å². The second kappa shape index (κ2) is 10.9. The Morgan fingerprint density at radius 1 is 1.26 bits per heavy atom. The first-order valence-electron chi connectivity index (χ1n) is 13.0. The van der Waals surface area contributed by atoms with E-state index in [0.717, 1.165) is 47.5 Å². The lowest BCUT2D eigenvalue weighted by Gasteiger charge is -2.31. The van der Waals surface area contributed by atoms with Crippen molar-refractivity contribution >= 4 is 17.5 Å². The molecule has 1 amide bonds. The number of halogens is 1. The molecular formula is C28H34ClN5O4. The number of carbonyl (C=O) groups excluding carboxylic acids is 1. The molecule has 0 aliphatic carbocycles. The number of nitrogens with one attached hydrogen (secondary N) is 1. The summed E-state index contributed by atoms with van der Waals surface area (Å²) < 4.78 is 13.7. The standard InChI is InChI=1S/C28H34ClN5O4/c1-17-11-18(2)31-27(35)23(17)15-33-7-5-21-22(19-13-30-34(14-19)9-8-32(3)4)12-24(26(29)25(21)28(33)36)38-20-6-10-37-16-20/h11-14,20H,5-10,15-16H2,1-4H3,(H,31,35). The van der Waals surface area contributed by atoms with E-state index in [9.17, 15) is 9.59 Å². The van der Waals surface area contributed by atoms with Crippen LogP contribution in [0.3, 0.4) is 0 Å². The van der Waals surface area contributed by atoms with Gasteiger partial charge in [0.1, 0.15) is 11.9 Å². The Balaban J connectivity index is 1.53. The summed E-state index contributed by atoms with van der Waals surface area (Å²) in [5.74, 6) is 0.265. The molecule has 1 aromatic carbocycles. The lowest BCUT2D eigenvalue weighted by molar-refractivity contribution is 0.0725. The molecule has 0 bridgehead atoms. The molecule has 0 spiro atoms. The number of H-pyrrole nitrogens is 1. The van der Waals surface area contributed by atoms with Gasteiger partial charge in [-0.05, 0) is 63.2 Å². The summed E-state index contributed by atoms with van der Waals surface area (Å²) in [6.07, 6.45) is 5.08. The summed E-state index contributed by atoms with van der Waals surface area (Å²) in [6.45, 7) is 7.18. The summed E-state index contributed by atoms with van der Waals surface area (Å²) >= 11 is 6.89. The minimum atomic E-state index is -0.204. The molecule has 2 aliphatic rings. The third-order valence-corrected chi connectivity index (χ3v) is 7.59. The highest BCUT2D eigenvalue weighted by Gasteiger charge is 2.33. The molecule has 0 radical (unpaired) electrons. The molecule has 38 heavy (non-hydrogen) atoms. The number of benzene rings is 1. The highest BCUT2D eigenvalue weighted by Crippen LogP contribution is 2.41. The zero-order valence-corrected chi connectivity index (χ0v) is 23.1. The minimum Gasteiger partial charge on any atom is -0.486 e. The molecule has 1 fully saturated rings. The number of hydrogen-bond acceptors (Lipinski definition) is 6. The first-order valence-corrected chi connectivity index (χ1v) is 13.3. The van der Waals surface area contributed by atoms with Crippen LogP contribution in [0.2, 0.25) is 5.02 Å². The van der Waals surface area contributed by atoms with E-state index in [1.807, 2.05) is 57.2 Å². The molecule has 1 N–H and O–H groups in total. The van der Waals surface area contributed by atoms with Crippen LogP contribution in [-0.4, -0.2) is 77.0 Å². The van der Waals surface area contributed by atoms with E-state index in [-0.39, 0.29) is 24.1 Å². The second-order valence-corrected chi connectivity index (χ2v) is 10.8. The van der Waals surface area contributed by atoms with Gasteiger partial charge in [0.25, 0.3) is 11.5 Å². The molecule has 1 atom stereocenters. The van der Waals surface area contributed by atoms with Crippen molar-refractivity contribution in [3.63, 3.8) is 0 Å². The fourth-order valence-electron chi connectivity index (χ4n) is 5.14. The lowest BCUT2D eigenvalue weighted by atomic mass is 9.90. The number of amides is 1. The zero-order chi connectivity index (χ0) is 27.0. The SMILES string of the molecule is Cc1cc(C)c(CN2CCc3c(-c4cnn(CCN(C)C)c4)cc(OC4CCOC4)c(Cl)c3C2=O)c(=O)[nH]1. The van der Waals surface area contributed by atoms with Crippen molar-refractivity contribution in [3.05, 3.63) is 67.9 Å². The van der Waals surface area contributed by atoms with Crippen molar-refractivity contribution < 1.29 is 14.3 Å². The topological polar surface area (TPSA) is 92.7 Å². The van der Waals surface area contributed by atoms with Crippen molar-refractivity contribution in [1.29, 1.82) is 0 Å². The third kappa shape index (κ3) is 5.36. The molecule has 4 heterocycles. The maximum Gasteiger partial charge on any atom is 0.256 e. The van der Waals surface area contributed by atoms with Crippen LogP contribution in [0.1, 0.15) is 39.2 Å². The number of likely N-dealkylation sites (N-methyl/N-ethyl adjacent to an activating group) is 1. The van der Waals surface area contributed by atoms with Gasteiger partial charge in [-0.25, -0.2) is 0 Å². The highest BCUT2D eigenvalue weighted by molar-refractivity contribution is 6.35. The molecule has 9 nitrogen and oxygen atoms in total. The van der Waals surface area contributed by atoms with Crippen LogP contribution in [-0.2, 0) is 24.2 Å². The van der Waals surface area contributed by atoms with Gasteiger partial charge in [-0.3, -0.25) is 14.3 Å². The number of nitrogens with zero attached hydrogens (tertiary/aromatic N) is 4. The van der Waals surface area contributed by atoms with Crippen LogP contribution in [0, 0.1) is 13.8 Å². The number of aromatic nitrogens is 3. The summed E-state index contributed by atoms with van der Waals surface area (Å²) in [5.41, 5.74) is 5.20. The molecule has 10 heteroatoms. The molecule has 2 aliphatic heterocycles. The number of aryl methyl sites for hydroxylation is 2. The average molecular weight is 540 g/mol. The summed E-state index contributed by atoms with van der Waals surface area (Å²) in [5, 5.41) is 4.85. The zero-order valence-electron chi connectivity index (χ0n) is 22.3. The molecule has 5 rings (SSSR count). The molecule has 1 saturated heterocycles. The monoisotopic (exact) mass is 539 g/mol. The van der Waals surface area contributed by atoms with E-state index in [2.05, 4.69) is 15.0 Å². The number of aromatic amines is 1. The summed E-state index contributed by atoms with van der Waals surface area (Å²) in [7, 11) is 4.05. The Hall–Kier alpha value is -3.14. The second-order valence-electron chi connectivity index (χ2n) is 10.4. The van der Waals surface area contributed by atoms with Gasteiger partial charge in [0.05, 0.1) is 43.1 Å². The van der Waals surface area contributed by atoms with Crippen LogP contribution in [0.5, 0.6) is 5.75 Å². The largest absolute Gasteiger partial charge is 0.486 e. The first-order chi connectivity index (χ1) is 18.2. The smallest absolute Gasteiger partial charge is 0.256 e. The molecular weight excluding hydrogens is 506 g/mol. The van der Waals surface area contributed by atoms with Crippen LogP contribution < -0.4 is 10.3 Å². The lowest BCUT2D eigenvalue weighted by Crippen LogP contribution is -2.39. The van der Waals surface area contributed by atoms with Gasteiger partial charge in [0, 0.05) is 42.5 Å². The number of carbonyl (C=O) groups is 1. The summed E-state index contributed by atoms with van der Waals surface area (Å²) in [6, 6.07) is 3.86. The highest BCUT2D eigenvalue weighted by atomic mass is 35.5. The van der Waals surface area contributed by atoms with E-state index in [1.54, 1.807) is 4.90 Å². The Labute approximate surface area is 227 Å². The van der Waals surface area contributed by atoms with Crippen LogP contribution in [0.4, 0.5) is 0 Å². The predicted octanol–water partition coefficient (Wildman–Crippen LogP) is 3.44. The Morgan fingerprint density at radius 3 is 2.79 bits per heavy atom. The van der Waals surface area contributed by atoms with Gasteiger partial charge in [-0.15, -0.1) is 0 Å². The molecule has 202 valence electrons. The number of rotatable bonds is 8. The molecule has 2 aromatic heterocycles. The maximum absolute atomic E-state index is 13.9.